The highest BCUT2D eigenvalue weighted by atomic mass is 32.1. The molecule has 0 nitrogen and oxygen atoms in total. The molecular weight excluding hydrogens is 785 g/mol. The van der Waals surface area contributed by atoms with Crippen molar-refractivity contribution in [3.05, 3.63) is 206 Å². The molecule has 2 heterocycles. The lowest BCUT2D eigenvalue weighted by molar-refractivity contribution is 1.52. The first-order valence-electron chi connectivity index (χ1n) is 21.3. The largest absolute Gasteiger partial charge is 0.135 e. The van der Waals surface area contributed by atoms with Crippen molar-refractivity contribution >= 4 is 95.3 Å². The fourth-order valence-electron chi connectivity index (χ4n) is 10.6. The quantitative estimate of drug-likeness (QED) is 0.152. The van der Waals surface area contributed by atoms with Gasteiger partial charge in [-0.3, -0.25) is 0 Å². The summed E-state index contributed by atoms with van der Waals surface area (Å²) in [7, 11) is 0. The Kier molecular flexibility index (Phi) is 7.24. The molecule has 14 rings (SSSR count). The zero-order valence-electron chi connectivity index (χ0n) is 33.4. The Hall–Kier alpha value is -7.36. The van der Waals surface area contributed by atoms with E-state index < -0.39 is 0 Å². The summed E-state index contributed by atoms with van der Waals surface area (Å²) in [5.41, 5.74) is 15.0. The topological polar surface area (TPSA) is 0 Å². The molecule has 2 aromatic heterocycles. The smallest absolute Gasteiger partial charge is 0.0355 e. The van der Waals surface area contributed by atoms with Crippen LogP contribution in [0.15, 0.2) is 206 Å². The molecule has 286 valence electrons. The minimum Gasteiger partial charge on any atom is -0.135 e. The molecule has 2 heteroatoms. The van der Waals surface area contributed by atoms with Crippen LogP contribution in [0, 0.1) is 0 Å². The Morgan fingerprint density at radius 2 is 0.597 bits per heavy atom. The molecule has 0 N–H and O–H groups in total. The average molecular weight is 819 g/mol. The van der Waals surface area contributed by atoms with E-state index >= 15 is 0 Å². The molecule has 62 heavy (non-hydrogen) atoms. The molecule has 0 fully saturated rings. The zero-order chi connectivity index (χ0) is 40.5. The molecule has 11 aromatic carbocycles. The van der Waals surface area contributed by atoms with Gasteiger partial charge in [0, 0.05) is 40.3 Å². The van der Waals surface area contributed by atoms with Gasteiger partial charge < -0.3 is 0 Å². The molecule has 1 aliphatic rings. The second-order valence-corrected chi connectivity index (χ2v) is 18.9. The highest BCUT2D eigenvalue weighted by molar-refractivity contribution is 7.26. The summed E-state index contributed by atoms with van der Waals surface area (Å²) in [5.74, 6) is 0. The Bertz CT molecular complexity index is 4050. The van der Waals surface area contributed by atoms with Crippen LogP contribution in [-0.4, -0.2) is 0 Å². The fraction of sp³-hybridized carbons (Fsp3) is 0. The maximum absolute atomic E-state index is 2.51. The number of rotatable bonds is 2. The van der Waals surface area contributed by atoms with Crippen LogP contribution in [0.25, 0.3) is 139 Å². The summed E-state index contributed by atoms with van der Waals surface area (Å²) < 4.78 is 5.29. The summed E-state index contributed by atoms with van der Waals surface area (Å²) >= 11 is 3.75. The highest BCUT2D eigenvalue weighted by Gasteiger charge is 2.26. The predicted molar refractivity (Wildman–Crippen MR) is 271 cm³/mol. The SMILES string of the molecule is c1ccc2c(c1)-c1cc3c4ccccc4c4ccccc4c3cc1-c1cccc(-c3ccc4sc5ccccc5c4c3)c1-c1cc(-c3ccc4sc5ccccc5c4c3)ccc1-2. The second kappa shape index (κ2) is 13.1. The molecule has 0 radical (unpaired) electrons. The van der Waals surface area contributed by atoms with Gasteiger partial charge in [0.1, 0.15) is 0 Å². The predicted octanol–water partition coefficient (Wildman–Crippen LogP) is 18.2. The van der Waals surface area contributed by atoms with Crippen LogP contribution in [0.1, 0.15) is 0 Å². The van der Waals surface area contributed by atoms with Gasteiger partial charge in [-0.2, -0.15) is 0 Å². The number of hydrogen-bond acceptors (Lipinski definition) is 2. The molecule has 13 aromatic rings. The van der Waals surface area contributed by atoms with E-state index in [1.807, 2.05) is 22.7 Å². The lowest BCUT2D eigenvalue weighted by Gasteiger charge is -2.26. The number of thiophene rings is 2. The Balaban J connectivity index is 1.11. The van der Waals surface area contributed by atoms with Gasteiger partial charge in [-0.25, -0.2) is 0 Å². The van der Waals surface area contributed by atoms with Crippen molar-refractivity contribution in [3.63, 3.8) is 0 Å². The summed E-state index contributed by atoms with van der Waals surface area (Å²) in [6, 6.07) is 78.0. The summed E-state index contributed by atoms with van der Waals surface area (Å²) in [5, 5.41) is 13.0. The van der Waals surface area contributed by atoms with Crippen LogP contribution >= 0.6 is 22.7 Å². The Morgan fingerprint density at radius 1 is 0.194 bits per heavy atom. The first kappa shape index (κ1) is 34.4. The van der Waals surface area contributed by atoms with Crippen LogP contribution in [0.3, 0.4) is 0 Å². The molecule has 0 saturated heterocycles. The molecule has 0 bridgehead atoms. The van der Waals surface area contributed by atoms with E-state index in [1.165, 1.54) is 139 Å². The molecule has 0 aliphatic heterocycles. The van der Waals surface area contributed by atoms with Gasteiger partial charge in [-0.1, -0.05) is 152 Å². The van der Waals surface area contributed by atoms with E-state index in [0.717, 1.165) is 0 Å². The van der Waals surface area contributed by atoms with Crippen molar-refractivity contribution in [3.8, 4) is 66.8 Å². The first-order chi connectivity index (χ1) is 30.7. The normalized spacial score (nSPS) is 12.2. The monoisotopic (exact) mass is 818 g/mol. The Labute approximate surface area is 366 Å². The van der Waals surface area contributed by atoms with Crippen molar-refractivity contribution in [1.29, 1.82) is 0 Å². The molecule has 1 aliphatic carbocycles. The summed E-state index contributed by atoms with van der Waals surface area (Å²) in [6.07, 6.45) is 0. The van der Waals surface area contributed by atoms with Gasteiger partial charge in [0.2, 0.25) is 0 Å². The lowest BCUT2D eigenvalue weighted by atomic mass is 9.76. The van der Waals surface area contributed by atoms with E-state index in [1.54, 1.807) is 0 Å². The van der Waals surface area contributed by atoms with E-state index in [9.17, 15) is 0 Å². The molecule has 0 amide bonds. The van der Waals surface area contributed by atoms with Crippen LogP contribution in [0.2, 0.25) is 0 Å². The van der Waals surface area contributed by atoms with Gasteiger partial charge in [0.25, 0.3) is 0 Å². The van der Waals surface area contributed by atoms with Gasteiger partial charge in [-0.15, -0.1) is 22.7 Å². The highest BCUT2D eigenvalue weighted by Crippen LogP contribution is 2.53. The molecular formula is C60H34S2. The average Bonchev–Trinajstić information content (AvgIpc) is 3.91. The van der Waals surface area contributed by atoms with E-state index in [-0.39, 0.29) is 0 Å². The second-order valence-electron chi connectivity index (χ2n) is 16.7. The van der Waals surface area contributed by atoms with Crippen LogP contribution in [0.5, 0.6) is 0 Å². The van der Waals surface area contributed by atoms with Crippen molar-refractivity contribution in [1.82, 2.24) is 0 Å². The maximum Gasteiger partial charge on any atom is 0.0355 e. The third-order valence-corrected chi connectivity index (χ3v) is 15.7. The summed E-state index contributed by atoms with van der Waals surface area (Å²) in [6.45, 7) is 0. The third-order valence-electron chi connectivity index (χ3n) is 13.4. The molecule has 0 saturated carbocycles. The van der Waals surface area contributed by atoms with Crippen molar-refractivity contribution in [2.75, 3.05) is 0 Å². The van der Waals surface area contributed by atoms with E-state index in [2.05, 4.69) is 206 Å². The summed E-state index contributed by atoms with van der Waals surface area (Å²) in [4.78, 5) is 0. The first-order valence-corrected chi connectivity index (χ1v) is 22.9. The zero-order valence-corrected chi connectivity index (χ0v) is 35.1. The number of hydrogen-bond donors (Lipinski definition) is 0. The van der Waals surface area contributed by atoms with E-state index in [0.29, 0.717) is 0 Å². The van der Waals surface area contributed by atoms with Crippen molar-refractivity contribution in [2.24, 2.45) is 0 Å². The van der Waals surface area contributed by atoms with Gasteiger partial charge in [-0.05, 0) is 154 Å². The minimum atomic E-state index is 1.22. The van der Waals surface area contributed by atoms with Gasteiger partial charge in [0.15, 0.2) is 0 Å². The molecule has 0 unspecified atom stereocenters. The van der Waals surface area contributed by atoms with Crippen LogP contribution in [-0.2, 0) is 0 Å². The van der Waals surface area contributed by atoms with Crippen LogP contribution in [0.4, 0.5) is 0 Å². The number of benzene rings is 11. The maximum atomic E-state index is 2.51. The lowest BCUT2D eigenvalue weighted by Crippen LogP contribution is -2.00. The van der Waals surface area contributed by atoms with Crippen molar-refractivity contribution in [2.45, 2.75) is 0 Å². The standard InChI is InChI=1S/C60H34S2/c1-4-15-42-39(12-1)40-13-2-5-16-43(40)50-34-52-48-21-11-20-38(37-26-29-59-54(32-37)47-19-8-10-23-57(47)62-59)60(48)55-31-35(36-25-28-58-53(30-36)46-18-7-9-22-56(46)61-58)24-27-45(55)41-14-3-6-17-44(41)51(52)33-49(42)50/h1-34H. The van der Waals surface area contributed by atoms with Gasteiger partial charge >= 0.3 is 0 Å². The van der Waals surface area contributed by atoms with Gasteiger partial charge in [0.05, 0.1) is 0 Å². The minimum absolute atomic E-state index is 1.22. The van der Waals surface area contributed by atoms with E-state index in [4.69, 9.17) is 0 Å². The van der Waals surface area contributed by atoms with Crippen LogP contribution < -0.4 is 0 Å². The Morgan fingerprint density at radius 3 is 1.23 bits per heavy atom. The fourth-order valence-corrected chi connectivity index (χ4v) is 12.8. The van der Waals surface area contributed by atoms with Crippen molar-refractivity contribution < 1.29 is 0 Å². The molecule has 0 atom stereocenters. The third kappa shape index (κ3) is 4.94. The number of fused-ring (bicyclic) bond motifs is 20. The molecule has 0 spiro atoms.